The predicted molar refractivity (Wildman–Crippen MR) is 115 cm³/mol. The van der Waals surface area contributed by atoms with E-state index in [2.05, 4.69) is 15.3 Å². The molecular weight excluding hydrogens is 396 g/mol. The van der Waals surface area contributed by atoms with Crippen LogP contribution >= 0.6 is 0 Å². The van der Waals surface area contributed by atoms with Crippen LogP contribution < -0.4 is 10.1 Å². The molecule has 0 atom stereocenters. The Morgan fingerprint density at radius 1 is 1.23 bits per heavy atom. The number of rotatable bonds is 5. The van der Waals surface area contributed by atoms with Crippen LogP contribution in [0.15, 0.2) is 30.5 Å². The fourth-order valence-electron chi connectivity index (χ4n) is 4.12. The van der Waals surface area contributed by atoms with Gasteiger partial charge in [-0.15, -0.1) is 0 Å². The van der Waals surface area contributed by atoms with Crippen molar-refractivity contribution < 1.29 is 19.1 Å². The Labute approximate surface area is 182 Å². The highest BCUT2D eigenvalue weighted by atomic mass is 16.5. The number of nitrogens with zero attached hydrogens (tertiary/aromatic N) is 3. The molecule has 2 aromatic rings. The molecule has 2 aliphatic heterocycles. The van der Waals surface area contributed by atoms with Gasteiger partial charge in [0.2, 0.25) is 5.91 Å². The number of carbonyl (C=O) groups is 2. The third-order valence-electron chi connectivity index (χ3n) is 5.91. The average molecular weight is 425 g/mol. The lowest BCUT2D eigenvalue weighted by atomic mass is 9.83. The number of ether oxygens (including phenoxy) is 2. The summed E-state index contributed by atoms with van der Waals surface area (Å²) in [5, 5.41) is 2.78. The number of hydrogen-bond acceptors (Lipinski definition) is 6. The van der Waals surface area contributed by atoms with Gasteiger partial charge in [0.25, 0.3) is 5.91 Å². The number of piperidine rings is 1. The molecule has 0 bridgehead atoms. The maximum absolute atomic E-state index is 12.7. The lowest BCUT2D eigenvalue weighted by Crippen LogP contribution is -2.49. The summed E-state index contributed by atoms with van der Waals surface area (Å²) < 4.78 is 11.9. The minimum atomic E-state index is -0.419. The fourth-order valence-corrected chi connectivity index (χ4v) is 4.12. The van der Waals surface area contributed by atoms with Crippen molar-refractivity contribution in [3.63, 3.8) is 0 Å². The van der Waals surface area contributed by atoms with Crippen LogP contribution in [0.1, 0.15) is 43.3 Å². The van der Waals surface area contributed by atoms with E-state index in [1.165, 1.54) is 0 Å². The second-order valence-corrected chi connectivity index (χ2v) is 7.98. The van der Waals surface area contributed by atoms with Crippen molar-refractivity contribution in [3.8, 4) is 5.75 Å². The van der Waals surface area contributed by atoms with Crippen LogP contribution in [0.4, 0.5) is 5.69 Å². The molecule has 4 rings (SSSR count). The molecule has 8 heteroatoms. The van der Waals surface area contributed by atoms with Gasteiger partial charge in [-0.1, -0.05) is 6.92 Å². The lowest BCUT2D eigenvalue weighted by Gasteiger charge is -2.44. The summed E-state index contributed by atoms with van der Waals surface area (Å²) in [6.45, 7) is 5.54. The number of anilines is 1. The third kappa shape index (κ3) is 4.69. The standard InChI is InChI=1S/C23H28N4O4/c1-3-20(28)26-18-4-6-19(7-5-18)30-15-21(29)27-11-9-23(10-12-27)22-17(8-13-31-23)14-24-16(2)25-22/h4-7,14H,3,8-13,15H2,1-2H3,(H,26,28). The van der Waals surface area contributed by atoms with Crippen molar-refractivity contribution in [1.29, 1.82) is 0 Å². The molecule has 1 aromatic heterocycles. The molecule has 2 amide bonds. The van der Waals surface area contributed by atoms with Crippen molar-refractivity contribution in [2.24, 2.45) is 0 Å². The molecule has 2 aliphatic rings. The van der Waals surface area contributed by atoms with Crippen LogP contribution in [-0.2, 0) is 26.3 Å². The molecule has 164 valence electrons. The van der Waals surface area contributed by atoms with Crippen molar-refractivity contribution in [2.75, 3.05) is 31.6 Å². The summed E-state index contributed by atoms with van der Waals surface area (Å²) in [5.74, 6) is 1.25. The van der Waals surface area contributed by atoms with E-state index in [0.29, 0.717) is 50.4 Å². The second kappa shape index (κ2) is 9.01. The number of likely N-dealkylation sites (tertiary alicyclic amines) is 1. The minimum Gasteiger partial charge on any atom is -0.484 e. The van der Waals surface area contributed by atoms with Crippen LogP contribution in [0.2, 0.25) is 0 Å². The summed E-state index contributed by atoms with van der Waals surface area (Å²) >= 11 is 0. The highest BCUT2D eigenvalue weighted by Crippen LogP contribution is 2.40. The molecule has 0 unspecified atom stereocenters. The fraction of sp³-hybridized carbons (Fsp3) is 0.478. The van der Waals surface area contributed by atoms with Gasteiger partial charge in [-0.25, -0.2) is 9.97 Å². The first kappa shape index (κ1) is 21.2. The zero-order valence-corrected chi connectivity index (χ0v) is 18.0. The highest BCUT2D eigenvalue weighted by Gasteiger charge is 2.43. The smallest absolute Gasteiger partial charge is 0.260 e. The van der Waals surface area contributed by atoms with Gasteiger partial charge in [0.15, 0.2) is 6.61 Å². The van der Waals surface area contributed by atoms with Gasteiger partial charge >= 0.3 is 0 Å². The lowest BCUT2D eigenvalue weighted by molar-refractivity contribution is -0.143. The van der Waals surface area contributed by atoms with Crippen LogP contribution in [0.5, 0.6) is 5.75 Å². The quantitative estimate of drug-likeness (QED) is 0.793. The maximum Gasteiger partial charge on any atom is 0.260 e. The molecule has 1 spiro atoms. The monoisotopic (exact) mass is 424 g/mol. The van der Waals surface area contributed by atoms with E-state index in [9.17, 15) is 9.59 Å². The molecular formula is C23H28N4O4. The minimum absolute atomic E-state index is 0.0214. The number of aryl methyl sites for hydroxylation is 1. The zero-order valence-electron chi connectivity index (χ0n) is 18.0. The van der Waals surface area contributed by atoms with Gasteiger partial charge in [-0.3, -0.25) is 9.59 Å². The number of hydrogen-bond donors (Lipinski definition) is 1. The molecule has 1 aromatic carbocycles. The van der Waals surface area contributed by atoms with Gasteiger partial charge < -0.3 is 19.7 Å². The van der Waals surface area contributed by atoms with Crippen LogP contribution in [0, 0.1) is 6.92 Å². The van der Waals surface area contributed by atoms with Crippen LogP contribution in [-0.4, -0.2) is 53.0 Å². The van der Waals surface area contributed by atoms with E-state index in [-0.39, 0.29) is 18.4 Å². The third-order valence-corrected chi connectivity index (χ3v) is 5.91. The molecule has 0 radical (unpaired) electrons. The summed E-state index contributed by atoms with van der Waals surface area (Å²) in [5.41, 5.74) is 2.43. The number of amides is 2. The number of nitrogens with one attached hydrogen (secondary N) is 1. The molecule has 0 aliphatic carbocycles. The highest BCUT2D eigenvalue weighted by molar-refractivity contribution is 5.90. The van der Waals surface area contributed by atoms with Crippen LogP contribution in [0.25, 0.3) is 0 Å². The van der Waals surface area contributed by atoms with E-state index in [1.807, 2.05) is 18.0 Å². The Kier molecular flexibility index (Phi) is 6.18. The largest absolute Gasteiger partial charge is 0.484 e. The van der Waals surface area contributed by atoms with E-state index >= 15 is 0 Å². The molecule has 31 heavy (non-hydrogen) atoms. The Morgan fingerprint density at radius 3 is 2.68 bits per heavy atom. The summed E-state index contributed by atoms with van der Waals surface area (Å²) in [4.78, 5) is 34.9. The van der Waals surface area contributed by atoms with Crippen molar-refractivity contribution >= 4 is 17.5 Å². The summed E-state index contributed by atoms with van der Waals surface area (Å²) in [7, 11) is 0. The first-order valence-corrected chi connectivity index (χ1v) is 10.8. The normalized spacial score (nSPS) is 17.2. The van der Waals surface area contributed by atoms with Crippen molar-refractivity contribution in [3.05, 3.63) is 47.5 Å². The first-order valence-electron chi connectivity index (χ1n) is 10.8. The van der Waals surface area contributed by atoms with Crippen molar-refractivity contribution in [2.45, 2.75) is 45.1 Å². The average Bonchev–Trinajstić information content (AvgIpc) is 2.79. The molecule has 1 saturated heterocycles. The topological polar surface area (TPSA) is 93.7 Å². The molecule has 1 fully saturated rings. The van der Waals surface area contributed by atoms with Crippen LogP contribution in [0.3, 0.4) is 0 Å². The van der Waals surface area contributed by atoms with E-state index < -0.39 is 5.60 Å². The first-order chi connectivity index (χ1) is 15.0. The zero-order chi connectivity index (χ0) is 21.8. The van der Waals surface area contributed by atoms with Gasteiger partial charge in [0.1, 0.15) is 17.2 Å². The number of carbonyl (C=O) groups excluding carboxylic acids is 2. The van der Waals surface area contributed by atoms with Gasteiger partial charge in [0.05, 0.1) is 12.3 Å². The molecule has 3 heterocycles. The number of benzene rings is 1. The number of fused-ring (bicyclic) bond motifs is 2. The van der Waals surface area contributed by atoms with Gasteiger partial charge in [-0.05, 0) is 56.0 Å². The predicted octanol–water partition coefficient (Wildman–Crippen LogP) is 2.60. The Morgan fingerprint density at radius 2 is 1.97 bits per heavy atom. The van der Waals surface area contributed by atoms with E-state index in [4.69, 9.17) is 9.47 Å². The Bertz CT molecular complexity index is 953. The second-order valence-electron chi connectivity index (χ2n) is 7.98. The summed E-state index contributed by atoms with van der Waals surface area (Å²) in [6, 6.07) is 7.02. The Balaban J connectivity index is 1.31. The SMILES string of the molecule is CCC(=O)Nc1ccc(OCC(=O)N2CCC3(CC2)OCCc2cnc(C)nc23)cc1. The van der Waals surface area contributed by atoms with E-state index in [0.717, 1.165) is 23.5 Å². The Hall–Kier alpha value is -3.00. The molecule has 1 N–H and O–H groups in total. The van der Waals surface area contributed by atoms with Gasteiger partial charge in [-0.2, -0.15) is 0 Å². The maximum atomic E-state index is 12.7. The molecule has 8 nitrogen and oxygen atoms in total. The van der Waals surface area contributed by atoms with Gasteiger partial charge in [0, 0.05) is 31.4 Å². The number of aromatic nitrogens is 2. The molecule has 0 saturated carbocycles. The van der Waals surface area contributed by atoms with Crippen molar-refractivity contribution in [1.82, 2.24) is 14.9 Å². The van der Waals surface area contributed by atoms with E-state index in [1.54, 1.807) is 31.2 Å². The summed E-state index contributed by atoms with van der Waals surface area (Å²) in [6.07, 6.45) is 4.59.